The van der Waals surface area contributed by atoms with E-state index in [0.717, 1.165) is 25.2 Å². The van der Waals surface area contributed by atoms with Crippen molar-refractivity contribution in [2.24, 2.45) is 22.2 Å². The average Bonchev–Trinajstić information content (AvgIpc) is 2.29. The smallest absolute Gasteiger partial charge is 0.226 e. The van der Waals surface area contributed by atoms with Gasteiger partial charge in [0.25, 0.3) is 0 Å². The highest BCUT2D eigenvalue weighted by atomic mass is 16.2. The van der Waals surface area contributed by atoms with Crippen LogP contribution in [0.15, 0.2) is 0 Å². The Labute approximate surface area is 127 Å². The molecule has 4 saturated carbocycles. The molecular weight excluding hydrogens is 264 g/mol. The van der Waals surface area contributed by atoms with Crippen molar-refractivity contribution in [1.29, 1.82) is 0 Å². The van der Waals surface area contributed by atoms with Crippen LogP contribution in [-0.2, 0) is 9.59 Å². The first-order valence-corrected chi connectivity index (χ1v) is 8.27. The van der Waals surface area contributed by atoms with E-state index in [0.29, 0.717) is 23.9 Å². The van der Waals surface area contributed by atoms with Crippen molar-refractivity contribution in [2.75, 3.05) is 13.1 Å². The second-order valence-corrected chi connectivity index (χ2v) is 8.65. The van der Waals surface area contributed by atoms with Crippen molar-refractivity contribution in [2.45, 2.75) is 59.3 Å². The largest absolute Gasteiger partial charge is 0.355 e. The van der Waals surface area contributed by atoms with Gasteiger partial charge in [0.05, 0.1) is 5.41 Å². The maximum absolute atomic E-state index is 12.8. The molecule has 4 bridgehead atoms. The van der Waals surface area contributed by atoms with Crippen molar-refractivity contribution < 1.29 is 9.59 Å². The molecule has 0 aliphatic heterocycles. The van der Waals surface area contributed by atoms with Crippen LogP contribution in [-0.4, -0.2) is 24.9 Å². The Balaban J connectivity index is 1.67. The molecule has 2 unspecified atom stereocenters. The van der Waals surface area contributed by atoms with Crippen LogP contribution in [0, 0.1) is 22.2 Å². The monoisotopic (exact) mass is 292 g/mol. The molecule has 0 heterocycles. The molecule has 2 N–H and O–H groups in total. The predicted molar refractivity (Wildman–Crippen MR) is 81.5 cm³/mol. The lowest BCUT2D eigenvalue weighted by Crippen LogP contribution is -2.60. The summed E-state index contributed by atoms with van der Waals surface area (Å²) in [6.45, 7) is 7.33. The van der Waals surface area contributed by atoms with Crippen molar-refractivity contribution in [1.82, 2.24) is 10.6 Å². The zero-order chi connectivity index (χ0) is 15.3. The van der Waals surface area contributed by atoms with E-state index in [1.807, 2.05) is 0 Å². The molecule has 0 aromatic rings. The van der Waals surface area contributed by atoms with E-state index in [9.17, 15) is 9.59 Å². The summed E-state index contributed by atoms with van der Waals surface area (Å²) in [6, 6.07) is 0. The molecule has 2 atom stereocenters. The highest BCUT2D eigenvalue weighted by Gasteiger charge is 2.62. The molecule has 4 heteroatoms. The predicted octanol–water partition coefficient (Wildman–Crippen LogP) is 2.24. The summed E-state index contributed by atoms with van der Waals surface area (Å²) in [7, 11) is 0. The van der Waals surface area contributed by atoms with Crippen LogP contribution in [0.2, 0.25) is 0 Å². The lowest BCUT2D eigenvalue weighted by Gasteiger charge is -2.64. The van der Waals surface area contributed by atoms with Crippen LogP contribution in [0.3, 0.4) is 0 Å². The second kappa shape index (κ2) is 4.72. The maximum Gasteiger partial charge on any atom is 0.226 e. The van der Waals surface area contributed by atoms with E-state index >= 15 is 0 Å². The quantitative estimate of drug-likeness (QED) is 0.781. The summed E-state index contributed by atoms with van der Waals surface area (Å²) in [5.41, 5.74) is 0.589. The summed E-state index contributed by atoms with van der Waals surface area (Å²) < 4.78 is 0. The third kappa shape index (κ3) is 2.69. The Hall–Kier alpha value is -1.06. The second-order valence-electron chi connectivity index (χ2n) is 8.65. The first-order valence-electron chi connectivity index (χ1n) is 8.27. The minimum Gasteiger partial charge on any atom is -0.355 e. The van der Waals surface area contributed by atoms with Gasteiger partial charge in [-0.3, -0.25) is 9.59 Å². The van der Waals surface area contributed by atoms with E-state index < -0.39 is 0 Å². The summed E-state index contributed by atoms with van der Waals surface area (Å²) in [5.74, 6) is 0.922. The summed E-state index contributed by atoms with van der Waals surface area (Å²) >= 11 is 0. The number of carbonyl (C=O) groups excluding carboxylic acids is 2. The Morgan fingerprint density at radius 3 is 2.05 bits per heavy atom. The molecule has 21 heavy (non-hydrogen) atoms. The van der Waals surface area contributed by atoms with Crippen LogP contribution >= 0.6 is 0 Å². The van der Waals surface area contributed by atoms with Gasteiger partial charge in [-0.2, -0.15) is 0 Å². The highest BCUT2D eigenvalue weighted by Crippen LogP contribution is 2.69. The van der Waals surface area contributed by atoms with E-state index in [2.05, 4.69) is 24.5 Å². The average molecular weight is 292 g/mol. The summed E-state index contributed by atoms with van der Waals surface area (Å²) in [5, 5.41) is 5.81. The zero-order valence-corrected chi connectivity index (χ0v) is 13.6. The van der Waals surface area contributed by atoms with Gasteiger partial charge >= 0.3 is 0 Å². The molecule has 4 aliphatic carbocycles. The topological polar surface area (TPSA) is 58.2 Å². The third-order valence-electron chi connectivity index (χ3n) is 5.89. The van der Waals surface area contributed by atoms with E-state index in [1.54, 1.807) is 0 Å². The lowest BCUT2D eigenvalue weighted by atomic mass is 9.40. The van der Waals surface area contributed by atoms with E-state index in [1.165, 1.54) is 26.2 Å². The SMILES string of the molecule is CC(=O)NCCNC(=O)C12CC3CC(C)(CC(C)(C3)C1)C2. The van der Waals surface area contributed by atoms with Crippen molar-refractivity contribution in [3.8, 4) is 0 Å². The molecule has 2 amide bonds. The maximum atomic E-state index is 12.8. The van der Waals surface area contributed by atoms with Gasteiger partial charge in [-0.1, -0.05) is 13.8 Å². The van der Waals surface area contributed by atoms with Gasteiger partial charge in [-0.25, -0.2) is 0 Å². The van der Waals surface area contributed by atoms with Gasteiger partial charge in [-0.15, -0.1) is 0 Å². The van der Waals surface area contributed by atoms with Gasteiger partial charge in [0, 0.05) is 20.0 Å². The molecule has 4 rings (SSSR count). The fourth-order valence-electron chi connectivity index (χ4n) is 6.30. The third-order valence-corrected chi connectivity index (χ3v) is 5.89. The van der Waals surface area contributed by atoms with Gasteiger partial charge in [0.2, 0.25) is 11.8 Å². The van der Waals surface area contributed by atoms with Crippen LogP contribution in [0.25, 0.3) is 0 Å². The zero-order valence-electron chi connectivity index (χ0n) is 13.6. The van der Waals surface area contributed by atoms with Gasteiger partial charge < -0.3 is 10.6 Å². The number of amides is 2. The van der Waals surface area contributed by atoms with Gasteiger partial charge in [0.1, 0.15) is 0 Å². The van der Waals surface area contributed by atoms with Crippen LogP contribution in [0.1, 0.15) is 59.3 Å². The van der Waals surface area contributed by atoms with Gasteiger partial charge in [0.15, 0.2) is 0 Å². The van der Waals surface area contributed by atoms with Crippen LogP contribution < -0.4 is 10.6 Å². The summed E-state index contributed by atoms with van der Waals surface area (Å²) in [4.78, 5) is 23.7. The first kappa shape index (κ1) is 14.9. The Kier molecular flexibility index (Phi) is 3.34. The normalized spacial score (nSPS) is 43.7. The molecule has 0 spiro atoms. The molecule has 118 valence electrons. The number of rotatable bonds is 4. The molecule has 4 aliphatic rings. The number of nitrogens with one attached hydrogen (secondary N) is 2. The number of carbonyl (C=O) groups is 2. The lowest BCUT2D eigenvalue weighted by molar-refractivity contribution is -0.170. The fraction of sp³-hybridized carbons (Fsp3) is 0.882. The molecule has 4 fully saturated rings. The standard InChI is InChI=1S/C17H28N2O2/c1-12(20)18-4-5-19-14(21)17-8-13-6-15(2,10-17)9-16(3,7-13)11-17/h13H,4-11H2,1-3H3,(H,18,20)(H,19,21). The molecule has 4 nitrogen and oxygen atoms in total. The Morgan fingerprint density at radius 2 is 1.52 bits per heavy atom. The Morgan fingerprint density at radius 1 is 0.952 bits per heavy atom. The number of hydrogen-bond donors (Lipinski definition) is 2. The highest BCUT2D eigenvalue weighted by molar-refractivity contribution is 5.83. The van der Waals surface area contributed by atoms with Crippen molar-refractivity contribution in [3.63, 3.8) is 0 Å². The van der Waals surface area contributed by atoms with E-state index in [-0.39, 0.29) is 17.2 Å². The minimum atomic E-state index is -0.140. The van der Waals surface area contributed by atoms with Crippen molar-refractivity contribution >= 4 is 11.8 Å². The van der Waals surface area contributed by atoms with Crippen molar-refractivity contribution in [3.05, 3.63) is 0 Å². The molecule has 0 saturated heterocycles. The minimum absolute atomic E-state index is 0.0425. The molecule has 0 aromatic carbocycles. The first-order chi connectivity index (χ1) is 9.74. The number of hydrogen-bond acceptors (Lipinski definition) is 2. The van der Waals surface area contributed by atoms with E-state index in [4.69, 9.17) is 0 Å². The molecule has 0 aromatic heterocycles. The molecule has 0 radical (unpaired) electrons. The fourth-order valence-corrected chi connectivity index (χ4v) is 6.30. The summed E-state index contributed by atoms with van der Waals surface area (Å²) in [6.07, 6.45) is 7.09. The molecular formula is C17H28N2O2. The van der Waals surface area contributed by atoms with Crippen LogP contribution in [0.5, 0.6) is 0 Å². The van der Waals surface area contributed by atoms with Crippen LogP contribution in [0.4, 0.5) is 0 Å². The van der Waals surface area contributed by atoms with Gasteiger partial charge in [-0.05, 0) is 55.3 Å². The Bertz CT molecular complexity index is 455.